The van der Waals surface area contributed by atoms with E-state index >= 15 is 0 Å². The monoisotopic (exact) mass is 409 g/mol. The SMILES string of the molecule is O=S(=O)(C1=C2C=CN(F)C=C2N(CC2CCNCC2)C1)c1ccccc1Cl. The van der Waals surface area contributed by atoms with Gasteiger partial charge in [0.2, 0.25) is 9.84 Å². The van der Waals surface area contributed by atoms with E-state index in [1.807, 2.05) is 4.90 Å². The van der Waals surface area contributed by atoms with Crippen molar-refractivity contribution in [3.05, 3.63) is 63.9 Å². The van der Waals surface area contributed by atoms with Crippen LogP contribution in [0.1, 0.15) is 12.8 Å². The maximum atomic E-state index is 13.8. The quantitative estimate of drug-likeness (QED) is 0.774. The summed E-state index contributed by atoms with van der Waals surface area (Å²) in [6.07, 6.45) is 6.17. The molecular weight excluding hydrogens is 389 g/mol. The Balaban J connectivity index is 1.70. The van der Waals surface area contributed by atoms with Gasteiger partial charge in [0.25, 0.3) is 0 Å². The Kier molecular flexibility index (Phi) is 5.01. The minimum absolute atomic E-state index is 0.0910. The van der Waals surface area contributed by atoms with Crippen LogP contribution in [-0.2, 0) is 9.84 Å². The van der Waals surface area contributed by atoms with Crippen LogP contribution in [0.3, 0.4) is 0 Å². The minimum Gasteiger partial charge on any atom is -0.364 e. The van der Waals surface area contributed by atoms with Gasteiger partial charge in [0.15, 0.2) is 0 Å². The summed E-state index contributed by atoms with van der Waals surface area (Å²) in [6, 6.07) is 6.43. The van der Waals surface area contributed by atoms with Crippen molar-refractivity contribution in [2.45, 2.75) is 17.7 Å². The first kappa shape index (κ1) is 18.5. The van der Waals surface area contributed by atoms with E-state index in [-0.39, 0.29) is 21.4 Å². The van der Waals surface area contributed by atoms with Crippen molar-refractivity contribution in [1.29, 1.82) is 0 Å². The van der Waals surface area contributed by atoms with E-state index < -0.39 is 9.84 Å². The molecule has 8 heteroatoms. The van der Waals surface area contributed by atoms with E-state index in [1.54, 1.807) is 18.2 Å². The standard InChI is InChI=1S/C19H21ClFN3O2S/c20-16-3-1-2-4-18(16)27(25,26)19-13-23(11-14-5-8-22-9-6-14)17-12-24(21)10-7-15(17)19/h1-4,7,10,12,14,22H,5-6,8-9,11,13H2. The molecule has 1 N–H and O–H groups in total. The Morgan fingerprint density at radius 2 is 1.96 bits per heavy atom. The Morgan fingerprint density at radius 1 is 1.22 bits per heavy atom. The number of rotatable bonds is 4. The number of hydrogen-bond acceptors (Lipinski definition) is 5. The van der Waals surface area contributed by atoms with Gasteiger partial charge < -0.3 is 10.2 Å². The third kappa shape index (κ3) is 3.51. The van der Waals surface area contributed by atoms with Gasteiger partial charge >= 0.3 is 0 Å². The molecule has 0 aliphatic carbocycles. The topological polar surface area (TPSA) is 52.7 Å². The van der Waals surface area contributed by atoms with Crippen LogP contribution in [0.15, 0.2) is 63.8 Å². The van der Waals surface area contributed by atoms with Gasteiger partial charge in [-0.1, -0.05) is 28.2 Å². The summed E-state index contributed by atoms with van der Waals surface area (Å²) < 4.78 is 40.4. The average Bonchev–Trinajstić information content (AvgIpc) is 3.01. The lowest BCUT2D eigenvalue weighted by Crippen LogP contribution is -2.35. The van der Waals surface area contributed by atoms with Crippen molar-refractivity contribution in [1.82, 2.24) is 15.3 Å². The second-order valence-corrected chi connectivity index (χ2v) is 9.37. The molecule has 144 valence electrons. The van der Waals surface area contributed by atoms with Crippen molar-refractivity contribution < 1.29 is 12.9 Å². The molecule has 4 rings (SSSR count). The highest BCUT2D eigenvalue weighted by atomic mass is 35.5. The van der Waals surface area contributed by atoms with Gasteiger partial charge in [-0.05, 0) is 50.1 Å². The molecule has 3 heterocycles. The Labute approximate surface area is 163 Å². The summed E-state index contributed by atoms with van der Waals surface area (Å²) in [7, 11) is -3.77. The lowest BCUT2D eigenvalue weighted by Gasteiger charge is -2.30. The molecule has 0 spiro atoms. The normalized spacial score (nSPS) is 20.9. The Morgan fingerprint density at radius 3 is 2.70 bits per heavy atom. The van der Waals surface area contributed by atoms with Crippen LogP contribution in [0.2, 0.25) is 5.02 Å². The molecule has 1 fully saturated rings. The van der Waals surface area contributed by atoms with Gasteiger partial charge in [-0.25, -0.2) is 8.42 Å². The second-order valence-electron chi connectivity index (χ2n) is 7.02. The zero-order valence-corrected chi connectivity index (χ0v) is 16.3. The van der Waals surface area contributed by atoms with Gasteiger partial charge in [-0.15, -0.1) is 0 Å². The zero-order valence-electron chi connectivity index (χ0n) is 14.7. The van der Waals surface area contributed by atoms with Crippen molar-refractivity contribution in [3.63, 3.8) is 0 Å². The van der Waals surface area contributed by atoms with Crippen molar-refractivity contribution in [2.75, 3.05) is 26.2 Å². The number of allylic oxidation sites excluding steroid dienone is 1. The van der Waals surface area contributed by atoms with E-state index in [9.17, 15) is 12.9 Å². The first-order valence-corrected chi connectivity index (χ1v) is 10.9. The maximum absolute atomic E-state index is 13.8. The van der Waals surface area contributed by atoms with Crippen LogP contribution < -0.4 is 5.32 Å². The fourth-order valence-corrected chi connectivity index (χ4v) is 5.93. The summed E-state index contributed by atoms with van der Waals surface area (Å²) in [4.78, 5) is 2.35. The van der Waals surface area contributed by atoms with Crippen LogP contribution in [0.25, 0.3) is 0 Å². The first-order valence-electron chi connectivity index (χ1n) is 9.00. The Hall–Kier alpha value is -1.83. The molecule has 0 aromatic heterocycles. The van der Waals surface area contributed by atoms with Gasteiger partial charge in [0, 0.05) is 18.3 Å². The van der Waals surface area contributed by atoms with Crippen LogP contribution >= 0.6 is 11.6 Å². The molecule has 5 nitrogen and oxygen atoms in total. The molecule has 0 atom stereocenters. The molecule has 0 saturated carbocycles. The molecule has 0 amide bonds. The van der Waals surface area contributed by atoms with Gasteiger partial charge in [0.1, 0.15) is 0 Å². The number of nitrogens with zero attached hydrogens (tertiary/aromatic N) is 2. The van der Waals surface area contributed by atoms with E-state index in [1.165, 1.54) is 24.5 Å². The number of hydrogen-bond donors (Lipinski definition) is 1. The third-order valence-electron chi connectivity index (χ3n) is 5.27. The highest BCUT2D eigenvalue weighted by Crippen LogP contribution is 2.39. The third-order valence-corrected chi connectivity index (χ3v) is 7.64. The maximum Gasteiger partial charge on any atom is 0.206 e. The van der Waals surface area contributed by atoms with E-state index in [0.717, 1.165) is 25.9 Å². The number of sulfone groups is 1. The fourth-order valence-electron chi connectivity index (χ4n) is 3.86. The molecule has 0 unspecified atom stereocenters. The van der Waals surface area contributed by atoms with Gasteiger partial charge in [-0.3, -0.25) is 0 Å². The number of halogens is 2. The summed E-state index contributed by atoms with van der Waals surface area (Å²) in [6.45, 7) is 2.85. The highest BCUT2D eigenvalue weighted by Gasteiger charge is 2.37. The lowest BCUT2D eigenvalue weighted by molar-refractivity contribution is 0.150. The molecule has 0 bridgehead atoms. The summed E-state index contributed by atoms with van der Waals surface area (Å²) in [5, 5.41) is 4.00. The highest BCUT2D eigenvalue weighted by molar-refractivity contribution is 7.95. The largest absolute Gasteiger partial charge is 0.364 e. The number of fused-ring (bicyclic) bond motifs is 1. The first-order chi connectivity index (χ1) is 13.0. The number of benzene rings is 1. The summed E-state index contributed by atoms with van der Waals surface area (Å²) >= 11 is 6.15. The number of piperidine rings is 1. The molecule has 0 radical (unpaired) electrons. The Bertz CT molecular complexity index is 936. The van der Waals surface area contributed by atoms with Crippen molar-refractivity contribution in [2.24, 2.45) is 5.92 Å². The molecule has 3 aliphatic heterocycles. The molecular formula is C19H21ClFN3O2S. The van der Waals surface area contributed by atoms with Crippen molar-refractivity contribution in [3.8, 4) is 0 Å². The van der Waals surface area contributed by atoms with Crippen LogP contribution in [0.5, 0.6) is 0 Å². The fraction of sp³-hybridized carbons (Fsp3) is 0.368. The summed E-state index contributed by atoms with van der Waals surface area (Å²) in [5.74, 6) is 0.453. The predicted octanol–water partition coefficient (Wildman–Crippen LogP) is 3.24. The average molecular weight is 410 g/mol. The number of nitrogens with one attached hydrogen (secondary N) is 1. The lowest BCUT2D eigenvalue weighted by atomic mass is 9.97. The molecule has 27 heavy (non-hydrogen) atoms. The molecule has 3 aliphatic rings. The molecule has 1 aromatic rings. The second kappa shape index (κ2) is 7.30. The van der Waals surface area contributed by atoms with Crippen molar-refractivity contribution >= 4 is 21.4 Å². The smallest absolute Gasteiger partial charge is 0.206 e. The van der Waals surface area contributed by atoms with Crippen LogP contribution in [0, 0.1) is 5.92 Å². The zero-order chi connectivity index (χ0) is 19.0. The van der Waals surface area contributed by atoms with Crippen LogP contribution in [-0.4, -0.2) is 44.6 Å². The van der Waals surface area contributed by atoms with E-state index in [0.29, 0.717) is 28.9 Å². The van der Waals surface area contributed by atoms with Gasteiger partial charge in [-0.2, -0.15) is 5.12 Å². The van der Waals surface area contributed by atoms with Crippen LogP contribution in [0.4, 0.5) is 4.48 Å². The summed E-state index contributed by atoms with van der Waals surface area (Å²) in [5.41, 5.74) is 1.17. The predicted molar refractivity (Wildman–Crippen MR) is 103 cm³/mol. The van der Waals surface area contributed by atoms with Gasteiger partial charge in [0.05, 0.1) is 33.3 Å². The molecule has 1 saturated heterocycles. The minimum atomic E-state index is -3.77. The molecule has 1 aromatic carbocycles. The van der Waals surface area contributed by atoms with E-state index in [4.69, 9.17) is 11.6 Å². The van der Waals surface area contributed by atoms with E-state index in [2.05, 4.69) is 5.32 Å².